The van der Waals surface area contributed by atoms with Gasteiger partial charge in [-0.15, -0.1) is 0 Å². The van der Waals surface area contributed by atoms with Crippen LogP contribution < -0.4 is 4.90 Å². The Hall–Kier alpha value is -7.10. The number of fused-ring (bicyclic) bond motifs is 9. The number of anilines is 3. The summed E-state index contributed by atoms with van der Waals surface area (Å²) in [5.74, 6) is 0. The van der Waals surface area contributed by atoms with E-state index < -0.39 is 0 Å². The summed E-state index contributed by atoms with van der Waals surface area (Å²) in [6.07, 6.45) is 0. The highest BCUT2D eigenvalue weighted by molar-refractivity contribution is 6.18. The quantitative estimate of drug-likeness (QED) is 0.170. The molecule has 9 aromatic carbocycles. The average molecular weight is 678 g/mol. The van der Waals surface area contributed by atoms with Crippen molar-refractivity contribution in [3.05, 3.63) is 188 Å². The average Bonchev–Trinajstić information content (AvgIpc) is 3.80. The monoisotopic (exact) mass is 677 g/mol. The molecule has 0 amide bonds. The topological polar surface area (TPSA) is 29.5 Å². The summed E-state index contributed by atoms with van der Waals surface area (Å²) < 4.78 is 13.1. The molecular formula is C50H31NO2. The second-order valence-electron chi connectivity index (χ2n) is 13.7. The van der Waals surface area contributed by atoms with Gasteiger partial charge in [0, 0.05) is 33.1 Å². The largest absolute Gasteiger partial charge is 0.456 e. The van der Waals surface area contributed by atoms with E-state index in [0.717, 1.165) is 72.1 Å². The summed E-state index contributed by atoms with van der Waals surface area (Å²) in [7, 11) is 0. The zero-order valence-electron chi connectivity index (χ0n) is 28.7. The highest BCUT2D eigenvalue weighted by atomic mass is 16.3. The van der Waals surface area contributed by atoms with Crippen LogP contribution in [0.3, 0.4) is 0 Å². The number of rotatable bonds is 5. The molecule has 0 bridgehead atoms. The Morgan fingerprint density at radius 3 is 1.72 bits per heavy atom. The Labute approximate surface area is 305 Å². The van der Waals surface area contributed by atoms with Gasteiger partial charge in [-0.25, -0.2) is 0 Å². The van der Waals surface area contributed by atoms with E-state index in [9.17, 15) is 0 Å². The molecule has 0 fully saturated rings. The van der Waals surface area contributed by atoms with Gasteiger partial charge in [0.1, 0.15) is 22.3 Å². The lowest BCUT2D eigenvalue weighted by Gasteiger charge is -2.27. The fourth-order valence-corrected chi connectivity index (χ4v) is 8.11. The zero-order chi connectivity index (χ0) is 34.9. The molecule has 53 heavy (non-hydrogen) atoms. The van der Waals surface area contributed by atoms with E-state index in [1.165, 1.54) is 32.7 Å². The van der Waals surface area contributed by atoms with Gasteiger partial charge in [0.2, 0.25) is 0 Å². The van der Waals surface area contributed by atoms with Crippen molar-refractivity contribution in [2.24, 2.45) is 0 Å². The molecule has 0 N–H and O–H groups in total. The smallest absolute Gasteiger partial charge is 0.145 e. The van der Waals surface area contributed by atoms with Crippen molar-refractivity contribution in [2.45, 2.75) is 0 Å². The van der Waals surface area contributed by atoms with Crippen LogP contribution in [0.4, 0.5) is 17.1 Å². The molecule has 11 rings (SSSR count). The highest BCUT2D eigenvalue weighted by Gasteiger charge is 2.23. The van der Waals surface area contributed by atoms with Gasteiger partial charge in [-0.3, -0.25) is 0 Å². The summed E-state index contributed by atoms with van der Waals surface area (Å²) >= 11 is 0. The Bertz CT molecular complexity index is 3170. The van der Waals surface area contributed by atoms with Gasteiger partial charge in [0.25, 0.3) is 0 Å². The summed E-state index contributed by atoms with van der Waals surface area (Å²) in [5, 5.41) is 9.20. The van der Waals surface area contributed by atoms with Gasteiger partial charge in [-0.1, -0.05) is 133 Å². The van der Waals surface area contributed by atoms with E-state index >= 15 is 0 Å². The molecule has 0 saturated heterocycles. The van der Waals surface area contributed by atoms with Crippen molar-refractivity contribution in [3.8, 4) is 22.3 Å². The van der Waals surface area contributed by atoms with Gasteiger partial charge in [-0.2, -0.15) is 0 Å². The first-order chi connectivity index (χ1) is 26.3. The molecule has 248 valence electrons. The molecular weight excluding hydrogens is 647 g/mol. The maximum absolute atomic E-state index is 6.82. The van der Waals surface area contributed by atoms with Crippen LogP contribution in [0.1, 0.15) is 0 Å². The summed E-state index contributed by atoms with van der Waals surface area (Å²) in [5.41, 5.74) is 11.2. The Kier molecular flexibility index (Phi) is 6.55. The minimum Gasteiger partial charge on any atom is -0.456 e. The van der Waals surface area contributed by atoms with E-state index in [2.05, 4.69) is 175 Å². The van der Waals surface area contributed by atoms with Crippen LogP contribution in [0.25, 0.3) is 87.7 Å². The van der Waals surface area contributed by atoms with Gasteiger partial charge < -0.3 is 13.7 Å². The molecule has 0 spiro atoms. The van der Waals surface area contributed by atoms with E-state index in [0.29, 0.717) is 0 Å². The second kappa shape index (κ2) is 11.7. The van der Waals surface area contributed by atoms with E-state index in [4.69, 9.17) is 8.83 Å². The third-order valence-electron chi connectivity index (χ3n) is 10.7. The molecule has 0 aliphatic carbocycles. The van der Waals surface area contributed by atoms with Crippen molar-refractivity contribution in [1.29, 1.82) is 0 Å². The second-order valence-corrected chi connectivity index (χ2v) is 13.7. The van der Waals surface area contributed by atoms with Crippen molar-refractivity contribution < 1.29 is 8.83 Å². The van der Waals surface area contributed by atoms with Crippen molar-refractivity contribution in [3.63, 3.8) is 0 Å². The number of para-hydroxylation sites is 2. The standard InChI is InChI=1S/C50H31NO2/c1-2-10-32(11-3-1)33-18-20-35(21-19-33)40-27-28-45(49-42-15-7-9-17-47(42)53-50(40)49)51(38-26-29-48-44(31-38)41-14-6-8-16-46(41)52-48)37-25-24-36-23-22-34-12-4-5-13-39(34)43(36)30-37/h1-31H. The summed E-state index contributed by atoms with van der Waals surface area (Å²) in [6.45, 7) is 0. The molecule has 0 atom stereocenters. The molecule has 0 radical (unpaired) electrons. The number of nitrogens with zero attached hydrogens (tertiary/aromatic N) is 1. The predicted molar refractivity (Wildman–Crippen MR) is 222 cm³/mol. The summed E-state index contributed by atoms with van der Waals surface area (Å²) in [4.78, 5) is 2.38. The fraction of sp³-hybridized carbons (Fsp3) is 0. The van der Waals surface area contributed by atoms with Gasteiger partial charge in [-0.05, 0) is 92.8 Å². The van der Waals surface area contributed by atoms with Crippen molar-refractivity contribution in [2.75, 3.05) is 4.90 Å². The molecule has 0 aliphatic heterocycles. The molecule has 0 saturated carbocycles. The number of benzene rings is 9. The van der Waals surface area contributed by atoms with Crippen molar-refractivity contribution >= 4 is 82.5 Å². The Balaban J connectivity index is 1.18. The van der Waals surface area contributed by atoms with Gasteiger partial charge in [0.15, 0.2) is 0 Å². The first-order valence-electron chi connectivity index (χ1n) is 18.0. The van der Waals surface area contributed by atoms with Crippen LogP contribution in [0.2, 0.25) is 0 Å². The van der Waals surface area contributed by atoms with Gasteiger partial charge >= 0.3 is 0 Å². The van der Waals surface area contributed by atoms with Gasteiger partial charge in [0.05, 0.1) is 11.1 Å². The Morgan fingerprint density at radius 2 is 0.906 bits per heavy atom. The van der Waals surface area contributed by atoms with Crippen LogP contribution in [-0.4, -0.2) is 0 Å². The predicted octanol–water partition coefficient (Wildman–Crippen LogP) is 14.6. The lowest BCUT2D eigenvalue weighted by atomic mass is 9.97. The van der Waals surface area contributed by atoms with Crippen LogP contribution in [0.5, 0.6) is 0 Å². The molecule has 2 heterocycles. The number of hydrogen-bond donors (Lipinski definition) is 0. The summed E-state index contributed by atoms with van der Waals surface area (Å²) in [6, 6.07) is 66.8. The maximum atomic E-state index is 6.82. The van der Waals surface area contributed by atoms with E-state index in [-0.39, 0.29) is 0 Å². The van der Waals surface area contributed by atoms with Crippen molar-refractivity contribution in [1.82, 2.24) is 0 Å². The fourth-order valence-electron chi connectivity index (χ4n) is 8.11. The molecule has 0 unspecified atom stereocenters. The highest BCUT2D eigenvalue weighted by Crippen LogP contribution is 2.47. The number of furan rings is 2. The maximum Gasteiger partial charge on any atom is 0.145 e. The molecule has 3 heteroatoms. The minimum atomic E-state index is 0.859. The van der Waals surface area contributed by atoms with Crippen LogP contribution in [0.15, 0.2) is 197 Å². The zero-order valence-corrected chi connectivity index (χ0v) is 28.7. The molecule has 2 aromatic heterocycles. The first kappa shape index (κ1) is 29.6. The van der Waals surface area contributed by atoms with Crippen LogP contribution in [-0.2, 0) is 0 Å². The van der Waals surface area contributed by atoms with E-state index in [1.54, 1.807) is 0 Å². The third kappa shape index (κ3) is 4.75. The third-order valence-corrected chi connectivity index (χ3v) is 10.7. The number of hydrogen-bond acceptors (Lipinski definition) is 3. The molecule has 0 aliphatic rings. The van der Waals surface area contributed by atoms with E-state index in [1.807, 2.05) is 18.2 Å². The van der Waals surface area contributed by atoms with Crippen LogP contribution >= 0.6 is 0 Å². The lowest BCUT2D eigenvalue weighted by Crippen LogP contribution is -2.10. The molecule has 3 nitrogen and oxygen atoms in total. The SMILES string of the molecule is c1ccc(-c2ccc(-c3ccc(N(c4ccc5ccc6ccccc6c5c4)c4ccc5oc6ccccc6c5c4)c4c3oc3ccccc34)cc2)cc1. The molecule has 11 aromatic rings. The normalized spacial score (nSPS) is 11.8. The Morgan fingerprint density at radius 1 is 0.340 bits per heavy atom. The first-order valence-corrected chi connectivity index (χ1v) is 18.0. The van der Waals surface area contributed by atoms with Crippen LogP contribution in [0, 0.1) is 0 Å². The lowest BCUT2D eigenvalue weighted by molar-refractivity contribution is 0.669. The minimum absolute atomic E-state index is 0.859.